The topological polar surface area (TPSA) is 81.0 Å². The van der Waals surface area contributed by atoms with Crippen LogP contribution in [0, 0.1) is 17.0 Å². The SMILES string of the molecule is Cc1nccc(CNc2ccc([N+](=O)[O-])cc2Cl)n1. The number of halogens is 1. The zero-order valence-corrected chi connectivity index (χ0v) is 10.9. The van der Waals surface area contributed by atoms with E-state index >= 15 is 0 Å². The second kappa shape index (κ2) is 5.62. The van der Waals surface area contributed by atoms with Crippen LogP contribution in [0.1, 0.15) is 11.5 Å². The third kappa shape index (κ3) is 3.38. The number of nitrogens with zero attached hydrogens (tertiary/aromatic N) is 3. The molecule has 0 saturated carbocycles. The zero-order valence-electron chi connectivity index (χ0n) is 10.1. The molecule has 0 amide bonds. The summed E-state index contributed by atoms with van der Waals surface area (Å²) in [5, 5.41) is 14.0. The summed E-state index contributed by atoms with van der Waals surface area (Å²) in [4.78, 5) is 18.4. The molecule has 1 aromatic heterocycles. The number of hydrogen-bond donors (Lipinski definition) is 1. The fourth-order valence-corrected chi connectivity index (χ4v) is 1.79. The van der Waals surface area contributed by atoms with Crippen LogP contribution in [0.15, 0.2) is 30.5 Å². The molecule has 1 aromatic carbocycles. The fraction of sp³-hybridized carbons (Fsp3) is 0.167. The van der Waals surface area contributed by atoms with Crippen molar-refractivity contribution in [1.82, 2.24) is 9.97 Å². The van der Waals surface area contributed by atoms with E-state index in [1.165, 1.54) is 12.1 Å². The van der Waals surface area contributed by atoms with E-state index in [1.807, 2.05) is 6.92 Å². The summed E-state index contributed by atoms with van der Waals surface area (Å²) in [6.45, 7) is 2.28. The van der Waals surface area contributed by atoms with Gasteiger partial charge >= 0.3 is 0 Å². The van der Waals surface area contributed by atoms with E-state index in [4.69, 9.17) is 11.6 Å². The van der Waals surface area contributed by atoms with Crippen molar-refractivity contribution in [3.63, 3.8) is 0 Å². The molecule has 2 aromatic rings. The van der Waals surface area contributed by atoms with Crippen LogP contribution < -0.4 is 5.32 Å². The Morgan fingerprint density at radius 1 is 1.42 bits per heavy atom. The predicted molar refractivity (Wildman–Crippen MR) is 72.2 cm³/mol. The Labute approximate surface area is 114 Å². The highest BCUT2D eigenvalue weighted by Crippen LogP contribution is 2.26. The first-order valence-corrected chi connectivity index (χ1v) is 5.90. The van der Waals surface area contributed by atoms with Crippen molar-refractivity contribution in [2.24, 2.45) is 0 Å². The van der Waals surface area contributed by atoms with E-state index < -0.39 is 4.92 Å². The first-order chi connectivity index (χ1) is 9.06. The minimum Gasteiger partial charge on any atom is -0.378 e. The van der Waals surface area contributed by atoms with Gasteiger partial charge in [0.05, 0.1) is 27.9 Å². The molecule has 2 rings (SSSR count). The molecule has 19 heavy (non-hydrogen) atoms. The summed E-state index contributed by atoms with van der Waals surface area (Å²) < 4.78 is 0. The number of nitrogens with one attached hydrogen (secondary N) is 1. The predicted octanol–water partition coefficient (Wildman–Crippen LogP) is 2.96. The van der Waals surface area contributed by atoms with Crippen molar-refractivity contribution in [2.45, 2.75) is 13.5 Å². The lowest BCUT2D eigenvalue weighted by atomic mass is 10.2. The first-order valence-electron chi connectivity index (χ1n) is 5.52. The van der Waals surface area contributed by atoms with E-state index in [-0.39, 0.29) is 5.69 Å². The zero-order chi connectivity index (χ0) is 13.8. The Morgan fingerprint density at radius 2 is 2.21 bits per heavy atom. The van der Waals surface area contributed by atoms with Crippen LogP contribution in [0.3, 0.4) is 0 Å². The van der Waals surface area contributed by atoms with Crippen LogP contribution in [0.4, 0.5) is 11.4 Å². The minimum absolute atomic E-state index is 0.0339. The number of nitro groups is 1. The third-order valence-electron chi connectivity index (χ3n) is 2.46. The number of non-ortho nitro benzene ring substituents is 1. The van der Waals surface area contributed by atoms with Gasteiger partial charge in [0.15, 0.2) is 0 Å². The van der Waals surface area contributed by atoms with Crippen LogP contribution >= 0.6 is 11.6 Å². The maximum absolute atomic E-state index is 10.6. The second-order valence-corrected chi connectivity index (χ2v) is 4.28. The van der Waals surface area contributed by atoms with Crippen LogP contribution in [0.5, 0.6) is 0 Å². The average Bonchev–Trinajstić information content (AvgIpc) is 2.37. The van der Waals surface area contributed by atoms with Gasteiger partial charge in [-0.1, -0.05) is 11.6 Å². The molecule has 0 bridgehead atoms. The number of rotatable bonds is 4. The van der Waals surface area contributed by atoms with Gasteiger partial charge in [-0.3, -0.25) is 10.1 Å². The molecule has 6 nitrogen and oxygen atoms in total. The average molecular weight is 279 g/mol. The second-order valence-electron chi connectivity index (χ2n) is 3.87. The van der Waals surface area contributed by atoms with Gasteiger partial charge in [0, 0.05) is 18.3 Å². The molecule has 98 valence electrons. The molecule has 0 spiro atoms. The maximum Gasteiger partial charge on any atom is 0.271 e. The molecule has 0 radical (unpaired) electrons. The van der Waals surface area contributed by atoms with Gasteiger partial charge in [-0.05, 0) is 19.1 Å². The van der Waals surface area contributed by atoms with Gasteiger partial charge in [-0.2, -0.15) is 0 Å². The highest BCUT2D eigenvalue weighted by molar-refractivity contribution is 6.33. The molecule has 0 aliphatic carbocycles. The van der Waals surface area contributed by atoms with Crippen molar-refractivity contribution in [1.29, 1.82) is 0 Å². The summed E-state index contributed by atoms with van der Waals surface area (Å²) in [6, 6.07) is 6.09. The van der Waals surface area contributed by atoms with Gasteiger partial charge in [0.1, 0.15) is 5.82 Å². The van der Waals surface area contributed by atoms with E-state index in [0.717, 1.165) is 5.69 Å². The molecule has 1 N–H and O–H groups in total. The van der Waals surface area contributed by atoms with Crippen molar-refractivity contribution in [2.75, 3.05) is 5.32 Å². The fourth-order valence-electron chi connectivity index (χ4n) is 1.55. The smallest absolute Gasteiger partial charge is 0.271 e. The van der Waals surface area contributed by atoms with Crippen LogP contribution in [-0.2, 0) is 6.54 Å². The van der Waals surface area contributed by atoms with E-state index in [1.54, 1.807) is 18.3 Å². The molecule has 1 heterocycles. The lowest BCUT2D eigenvalue weighted by Crippen LogP contribution is -2.03. The number of benzene rings is 1. The van der Waals surface area contributed by atoms with Crippen LogP contribution in [0.25, 0.3) is 0 Å². The standard InChI is InChI=1S/C12H11ClN4O2/c1-8-14-5-4-9(16-8)7-15-12-3-2-10(17(18)19)6-11(12)13/h2-6,15H,7H2,1H3. The van der Waals surface area contributed by atoms with Gasteiger partial charge in [-0.25, -0.2) is 9.97 Å². The molecule has 0 fully saturated rings. The Hall–Kier alpha value is -2.21. The van der Waals surface area contributed by atoms with E-state index in [2.05, 4.69) is 15.3 Å². The number of aryl methyl sites for hydroxylation is 1. The van der Waals surface area contributed by atoms with E-state index in [0.29, 0.717) is 23.1 Å². The van der Waals surface area contributed by atoms with Crippen molar-refractivity contribution in [3.05, 3.63) is 57.1 Å². The highest BCUT2D eigenvalue weighted by atomic mass is 35.5. The summed E-state index contributed by atoms with van der Waals surface area (Å²) in [7, 11) is 0. The largest absolute Gasteiger partial charge is 0.378 e. The number of hydrogen-bond acceptors (Lipinski definition) is 5. The monoisotopic (exact) mass is 278 g/mol. The lowest BCUT2D eigenvalue weighted by molar-refractivity contribution is -0.384. The van der Waals surface area contributed by atoms with Crippen LogP contribution in [-0.4, -0.2) is 14.9 Å². The van der Waals surface area contributed by atoms with Gasteiger partial charge in [0.2, 0.25) is 0 Å². The molecule has 0 aliphatic rings. The number of nitro benzene ring substituents is 1. The molecule has 0 unspecified atom stereocenters. The van der Waals surface area contributed by atoms with Crippen LogP contribution in [0.2, 0.25) is 5.02 Å². The summed E-state index contributed by atoms with van der Waals surface area (Å²) >= 11 is 5.97. The Kier molecular flexibility index (Phi) is 3.91. The number of aromatic nitrogens is 2. The first kappa shape index (κ1) is 13.2. The maximum atomic E-state index is 10.6. The Morgan fingerprint density at radius 3 is 2.84 bits per heavy atom. The van der Waals surface area contributed by atoms with Gasteiger partial charge < -0.3 is 5.32 Å². The lowest BCUT2D eigenvalue weighted by Gasteiger charge is -2.07. The minimum atomic E-state index is -0.483. The molecular formula is C12H11ClN4O2. The molecule has 0 saturated heterocycles. The molecule has 0 atom stereocenters. The molecule has 0 aliphatic heterocycles. The Bertz CT molecular complexity index is 618. The summed E-state index contributed by atoms with van der Waals surface area (Å²) in [5.41, 5.74) is 1.42. The van der Waals surface area contributed by atoms with Crippen molar-refractivity contribution < 1.29 is 4.92 Å². The quantitative estimate of drug-likeness (QED) is 0.687. The highest BCUT2D eigenvalue weighted by Gasteiger charge is 2.09. The summed E-state index contributed by atoms with van der Waals surface area (Å²) in [5.74, 6) is 0.689. The van der Waals surface area contributed by atoms with Crippen molar-refractivity contribution >= 4 is 23.0 Å². The third-order valence-corrected chi connectivity index (χ3v) is 2.77. The van der Waals surface area contributed by atoms with E-state index in [9.17, 15) is 10.1 Å². The van der Waals surface area contributed by atoms with Gasteiger partial charge in [0.25, 0.3) is 5.69 Å². The normalized spacial score (nSPS) is 10.2. The number of anilines is 1. The molecular weight excluding hydrogens is 268 g/mol. The van der Waals surface area contributed by atoms with Crippen molar-refractivity contribution in [3.8, 4) is 0 Å². The summed E-state index contributed by atoms with van der Waals surface area (Å²) in [6.07, 6.45) is 1.68. The Balaban J connectivity index is 2.10. The van der Waals surface area contributed by atoms with Gasteiger partial charge in [-0.15, -0.1) is 0 Å². The molecule has 7 heteroatoms.